The zero-order chi connectivity index (χ0) is 14.7. The Hall–Kier alpha value is -1.28. The molecule has 0 radical (unpaired) electrons. The fraction of sp³-hybridized carbons (Fsp3) is 0.333. The van der Waals surface area contributed by atoms with E-state index in [1.54, 1.807) is 7.11 Å². The van der Waals surface area contributed by atoms with Crippen molar-refractivity contribution in [3.63, 3.8) is 0 Å². The highest BCUT2D eigenvalue weighted by Crippen LogP contribution is 2.35. The number of benzene rings is 2. The molecule has 0 aromatic heterocycles. The largest absolute Gasteiger partial charge is 0.496 e. The molecule has 1 nitrogen and oxygen atoms in total. The summed E-state index contributed by atoms with van der Waals surface area (Å²) in [5.41, 5.74) is 6.50. The maximum Gasteiger partial charge on any atom is 0.123 e. The second-order valence-corrected chi connectivity index (χ2v) is 6.45. The van der Waals surface area contributed by atoms with Gasteiger partial charge in [-0.3, -0.25) is 0 Å². The normalized spacial score (nSPS) is 12.2. The van der Waals surface area contributed by atoms with Crippen molar-refractivity contribution in [1.82, 2.24) is 0 Å². The fourth-order valence-corrected chi connectivity index (χ4v) is 3.13. The summed E-state index contributed by atoms with van der Waals surface area (Å²) in [5.74, 6) is 0.947. The molecule has 0 spiro atoms. The molecule has 0 saturated carbocycles. The number of ether oxygens (including phenoxy) is 1. The van der Waals surface area contributed by atoms with E-state index < -0.39 is 0 Å². The first-order chi connectivity index (χ1) is 9.51. The zero-order valence-corrected chi connectivity index (χ0v) is 14.1. The highest BCUT2D eigenvalue weighted by molar-refractivity contribution is 9.09. The third-order valence-electron chi connectivity index (χ3n) is 3.63. The molecule has 1 unspecified atom stereocenters. The van der Waals surface area contributed by atoms with Crippen LogP contribution in [-0.2, 0) is 6.42 Å². The van der Waals surface area contributed by atoms with Crippen molar-refractivity contribution < 1.29 is 4.74 Å². The topological polar surface area (TPSA) is 9.23 Å². The van der Waals surface area contributed by atoms with Crippen LogP contribution >= 0.6 is 15.9 Å². The van der Waals surface area contributed by atoms with Crippen LogP contribution in [0.3, 0.4) is 0 Å². The average Bonchev–Trinajstić information content (AvgIpc) is 2.42. The summed E-state index contributed by atoms with van der Waals surface area (Å²) >= 11 is 3.83. The molecule has 0 amide bonds. The van der Waals surface area contributed by atoms with Crippen molar-refractivity contribution in [1.29, 1.82) is 0 Å². The predicted molar refractivity (Wildman–Crippen MR) is 89.0 cm³/mol. The Labute approximate surface area is 130 Å². The third-order valence-corrected chi connectivity index (χ3v) is 4.44. The van der Waals surface area contributed by atoms with Gasteiger partial charge in [-0.15, -0.1) is 0 Å². The molecule has 1 atom stereocenters. The van der Waals surface area contributed by atoms with E-state index in [2.05, 4.69) is 67.0 Å². The number of halogens is 1. The quantitative estimate of drug-likeness (QED) is 0.690. The van der Waals surface area contributed by atoms with Crippen LogP contribution in [0.15, 0.2) is 36.4 Å². The summed E-state index contributed by atoms with van der Waals surface area (Å²) in [6.45, 7) is 6.42. The molecule has 0 aliphatic carbocycles. The Morgan fingerprint density at radius 3 is 2.35 bits per heavy atom. The minimum Gasteiger partial charge on any atom is -0.496 e. The average molecular weight is 333 g/mol. The minimum atomic E-state index is 0.262. The van der Waals surface area contributed by atoms with Crippen molar-refractivity contribution in [3.8, 4) is 5.75 Å². The lowest BCUT2D eigenvalue weighted by Crippen LogP contribution is -2.01. The molecule has 2 rings (SSSR count). The van der Waals surface area contributed by atoms with E-state index in [4.69, 9.17) is 4.74 Å². The molecule has 0 N–H and O–H groups in total. The fourth-order valence-electron chi connectivity index (χ4n) is 2.42. The molecule has 2 aromatic rings. The number of aryl methyl sites for hydroxylation is 3. The van der Waals surface area contributed by atoms with Gasteiger partial charge in [-0.1, -0.05) is 57.4 Å². The summed E-state index contributed by atoms with van der Waals surface area (Å²) in [6.07, 6.45) is 0.966. The van der Waals surface area contributed by atoms with Gasteiger partial charge in [-0.25, -0.2) is 0 Å². The summed E-state index contributed by atoms with van der Waals surface area (Å²) < 4.78 is 5.48. The Balaban J connectivity index is 2.30. The molecular formula is C18H21BrO. The first-order valence-corrected chi connectivity index (χ1v) is 7.77. The van der Waals surface area contributed by atoms with Crippen LogP contribution in [0.4, 0.5) is 0 Å². The standard InChI is InChI=1S/C18H21BrO/c1-12-5-7-14(3)15(9-12)11-17(19)16-10-13(2)6-8-18(16)20-4/h5-10,17H,11H2,1-4H3. The smallest absolute Gasteiger partial charge is 0.123 e. The molecule has 0 heterocycles. The second-order valence-electron chi connectivity index (χ2n) is 5.35. The van der Waals surface area contributed by atoms with Gasteiger partial charge >= 0.3 is 0 Å². The van der Waals surface area contributed by atoms with E-state index >= 15 is 0 Å². The Morgan fingerprint density at radius 1 is 1.00 bits per heavy atom. The second kappa shape index (κ2) is 6.45. The van der Waals surface area contributed by atoms with E-state index in [0.29, 0.717) is 0 Å². The minimum absolute atomic E-state index is 0.262. The third kappa shape index (κ3) is 3.43. The van der Waals surface area contributed by atoms with Crippen molar-refractivity contribution in [2.45, 2.75) is 32.0 Å². The number of methoxy groups -OCH3 is 1. The van der Waals surface area contributed by atoms with Gasteiger partial charge < -0.3 is 4.74 Å². The van der Waals surface area contributed by atoms with E-state index in [9.17, 15) is 0 Å². The van der Waals surface area contributed by atoms with Crippen LogP contribution < -0.4 is 4.74 Å². The highest BCUT2D eigenvalue weighted by Gasteiger charge is 2.15. The zero-order valence-electron chi connectivity index (χ0n) is 12.5. The van der Waals surface area contributed by atoms with Crippen LogP contribution in [-0.4, -0.2) is 7.11 Å². The van der Waals surface area contributed by atoms with Crippen molar-refractivity contribution in [2.75, 3.05) is 7.11 Å². The Bertz CT molecular complexity index is 604. The molecular weight excluding hydrogens is 312 g/mol. The SMILES string of the molecule is COc1ccc(C)cc1C(Br)Cc1cc(C)ccc1C. The number of rotatable bonds is 4. The van der Waals surface area contributed by atoms with E-state index in [-0.39, 0.29) is 4.83 Å². The van der Waals surface area contributed by atoms with E-state index in [1.807, 2.05) is 6.07 Å². The van der Waals surface area contributed by atoms with Crippen molar-refractivity contribution in [2.24, 2.45) is 0 Å². The van der Waals surface area contributed by atoms with Crippen LogP contribution in [0.1, 0.15) is 32.6 Å². The molecule has 106 valence electrons. The Morgan fingerprint density at radius 2 is 1.65 bits per heavy atom. The summed E-state index contributed by atoms with van der Waals surface area (Å²) in [5, 5.41) is 0. The van der Waals surface area contributed by atoms with Gasteiger partial charge in [0.15, 0.2) is 0 Å². The van der Waals surface area contributed by atoms with Crippen molar-refractivity contribution in [3.05, 3.63) is 64.2 Å². The molecule has 0 aliphatic rings. The molecule has 0 fully saturated rings. The molecule has 2 aromatic carbocycles. The first kappa shape index (κ1) is 15.1. The van der Waals surface area contributed by atoms with Gasteiger partial charge in [0.2, 0.25) is 0 Å². The maximum atomic E-state index is 5.48. The lowest BCUT2D eigenvalue weighted by atomic mass is 9.97. The molecule has 0 aliphatic heterocycles. The van der Waals surface area contributed by atoms with E-state index in [1.165, 1.54) is 27.8 Å². The molecule has 0 bridgehead atoms. The van der Waals surface area contributed by atoms with E-state index in [0.717, 1.165) is 12.2 Å². The summed E-state index contributed by atoms with van der Waals surface area (Å²) in [7, 11) is 1.73. The summed E-state index contributed by atoms with van der Waals surface area (Å²) in [4.78, 5) is 0.262. The first-order valence-electron chi connectivity index (χ1n) is 6.86. The van der Waals surface area contributed by atoms with Crippen LogP contribution in [0.25, 0.3) is 0 Å². The predicted octanol–water partition coefficient (Wildman–Crippen LogP) is 5.30. The summed E-state index contributed by atoms with van der Waals surface area (Å²) in [6, 6.07) is 12.9. The lowest BCUT2D eigenvalue weighted by molar-refractivity contribution is 0.409. The van der Waals surface area contributed by atoms with Gasteiger partial charge in [0.1, 0.15) is 5.75 Å². The number of hydrogen-bond donors (Lipinski definition) is 0. The molecule has 0 saturated heterocycles. The highest BCUT2D eigenvalue weighted by atomic mass is 79.9. The monoisotopic (exact) mass is 332 g/mol. The molecule has 2 heteroatoms. The number of hydrogen-bond acceptors (Lipinski definition) is 1. The van der Waals surface area contributed by atoms with Gasteiger partial charge in [0, 0.05) is 10.4 Å². The van der Waals surface area contributed by atoms with Gasteiger partial charge in [-0.2, -0.15) is 0 Å². The molecule has 20 heavy (non-hydrogen) atoms. The Kier molecular flexibility index (Phi) is 4.87. The van der Waals surface area contributed by atoms with Gasteiger partial charge in [0.05, 0.1) is 7.11 Å². The van der Waals surface area contributed by atoms with Gasteiger partial charge in [-0.05, 0) is 44.4 Å². The van der Waals surface area contributed by atoms with Gasteiger partial charge in [0.25, 0.3) is 0 Å². The van der Waals surface area contributed by atoms with Crippen molar-refractivity contribution >= 4 is 15.9 Å². The van der Waals surface area contributed by atoms with Crippen LogP contribution in [0.5, 0.6) is 5.75 Å². The van der Waals surface area contributed by atoms with Crippen LogP contribution in [0, 0.1) is 20.8 Å². The lowest BCUT2D eigenvalue weighted by Gasteiger charge is -2.16. The van der Waals surface area contributed by atoms with Crippen LogP contribution in [0.2, 0.25) is 0 Å². The number of alkyl halides is 1. The maximum absolute atomic E-state index is 5.48.